The molecule has 0 bridgehead atoms. The molecule has 0 fully saturated rings. The molecule has 21 heavy (non-hydrogen) atoms. The number of carbonyl (C=O) groups excluding carboxylic acids is 1. The van der Waals surface area contributed by atoms with Crippen LogP contribution in [0.4, 0.5) is 5.69 Å². The van der Waals surface area contributed by atoms with Crippen molar-refractivity contribution in [2.24, 2.45) is 5.73 Å². The van der Waals surface area contributed by atoms with E-state index in [1.807, 2.05) is 0 Å². The van der Waals surface area contributed by atoms with Gasteiger partial charge in [-0.05, 0) is 51.4 Å². The van der Waals surface area contributed by atoms with E-state index < -0.39 is 14.6 Å². The molecular formula is C15H24N2O3S. The summed E-state index contributed by atoms with van der Waals surface area (Å²) in [5.41, 5.74) is 6.64. The van der Waals surface area contributed by atoms with Gasteiger partial charge in [0, 0.05) is 12.1 Å². The van der Waals surface area contributed by atoms with Crippen LogP contribution in [0.2, 0.25) is 0 Å². The molecule has 0 spiro atoms. The number of nitrogens with one attached hydrogen (secondary N) is 1. The third-order valence-corrected chi connectivity index (χ3v) is 5.69. The summed E-state index contributed by atoms with van der Waals surface area (Å²) in [6, 6.07) is 6.93. The minimum Gasteiger partial charge on any atom is -0.330 e. The predicted molar refractivity (Wildman–Crippen MR) is 85.7 cm³/mol. The molecule has 0 aromatic heterocycles. The van der Waals surface area contributed by atoms with Crippen molar-refractivity contribution < 1.29 is 13.2 Å². The first-order chi connectivity index (χ1) is 9.65. The van der Waals surface area contributed by atoms with E-state index in [9.17, 15) is 13.2 Å². The number of hydrogen-bond acceptors (Lipinski definition) is 4. The number of hydrogen-bond donors (Lipinski definition) is 2. The number of sulfone groups is 1. The molecule has 1 aromatic carbocycles. The van der Waals surface area contributed by atoms with Gasteiger partial charge in [-0.3, -0.25) is 4.79 Å². The molecule has 0 aliphatic heterocycles. The van der Waals surface area contributed by atoms with Gasteiger partial charge in [-0.2, -0.15) is 0 Å². The van der Waals surface area contributed by atoms with Gasteiger partial charge in [0.1, 0.15) is 0 Å². The first kappa shape index (κ1) is 17.7. The molecule has 0 radical (unpaired) electrons. The predicted octanol–water partition coefficient (Wildman–Crippen LogP) is 2.08. The van der Waals surface area contributed by atoms with Crippen LogP contribution in [-0.4, -0.2) is 25.6 Å². The third kappa shape index (κ3) is 5.47. The Balaban J connectivity index is 2.80. The van der Waals surface area contributed by atoms with Crippen molar-refractivity contribution in [2.75, 3.05) is 11.9 Å². The highest BCUT2D eigenvalue weighted by Crippen LogP contribution is 2.22. The lowest BCUT2D eigenvalue weighted by Crippen LogP contribution is -2.29. The second-order valence-electron chi connectivity index (χ2n) is 6.01. The van der Waals surface area contributed by atoms with Gasteiger partial charge in [0.25, 0.3) is 0 Å². The Kier molecular flexibility index (Phi) is 5.92. The van der Waals surface area contributed by atoms with Crippen molar-refractivity contribution >= 4 is 21.4 Å². The lowest BCUT2D eigenvalue weighted by Gasteiger charge is -2.19. The summed E-state index contributed by atoms with van der Waals surface area (Å²) < 4.78 is 23.6. The fourth-order valence-corrected chi connectivity index (χ4v) is 2.71. The highest BCUT2D eigenvalue weighted by Gasteiger charge is 2.28. The van der Waals surface area contributed by atoms with E-state index in [0.29, 0.717) is 30.6 Å². The van der Waals surface area contributed by atoms with E-state index >= 15 is 0 Å². The molecular weight excluding hydrogens is 288 g/mol. The third-order valence-electron chi connectivity index (χ3n) is 3.11. The summed E-state index contributed by atoms with van der Waals surface area (Å²) in [5, 5.41) is 2.75. The second-order valence-corrected chi connectivity index (χ2v) is 8.76. The highest BCUT2D eigenvalue weighted by atomic mass is 32.2. The molecule has 0 aliphatic carbocycles. The van der Waals surface area contributed by atoms with Gasteiger partial charge < -0.3 is 11.1 Å². The minimum absolute atomic E-state index is 0.0387. The standard InChI is InChI=1S/C15H24N2O3S/c1-15(2,3)21(19,20)11-12-6-4-7-13(10-12)17-14(18)8-5-9-16/h4,6-7,10H,5,8-9,11,16H2,1-3H3,(H,17,18). The molecule has 0 saturated heterocycles. The summed E-state index contributed by atoms with van der Waals surface area (Å²) in [6.45, 7) is 5.51. The molecule has 0 atom stereocenters. The van der Waals surface area contributed by atoms with Crippen molar-refractivity contribution in [3.8, 4) is 0 Å². The van der Waals surface area contributed by atoms with Crippen molar-refractivity contribution in [1.82, 2.24) is 0 Å². The van der Waals surface area contributed by atoms with Crippen LogP contribution in [-0.2, 0) is 20.4 Å². The van der Waals surface area contributed by atoms with Gasteiger partial charge in [-0.1, -0.05) is 12.1 Å². The van der Waals surface area contributed by atoms with Crippen molar-refractivity contribution in [3.05, 3.63) is 29.8 Å². The fourth-order valence-electron chi connectivity index (χ4n) is 1.66. The van der Waals surface area contributed by atoms with Gasteiger partial charge in [0.15, 0.2) is 9.84 Å². The number of rotatable bonds is 6. The minimum atomic E-state index is -3.24. The normalized spacial score (nSPS) is 12.2. The van der Waals surface area contributed by atoms with E-state index in [0.717, 1.165) is 0 Å². The van der Waals surface area contributed by atoms with Gasteiger partial charge in [-0.25, -0.2) is 8.42 Å². The maximum Gasteiger partial charge on any atom is 0.224 e. The molecule has 0 saturated carbocycles. The van der Waals surface area contributed by atoms with Crippen molar-refractivity contribution in [3.63, 3.8) is 0 Å². The summed E-state index contributed by atoms with van der Waals surface area (Å²) in [7, 11) is -3.24. The van der Waals surface area contributed by atoms with Crippen LogP contribution in [0.3, 0.4) is 0 Å². The largest absolute Gasteiger partial charge is 0.330 e. The Hall–Kier alpha value is -1.40. The number of carbonyl (C=O) groups is 1. The number of benzene rings is 1. The lowest BCUT2D eigenvalue weighted by atomic mass is 10.2. The maximum absolute atomic E-state index is 12.2. The zero-order valence-electron chi connectivity index (χ0n) is 12.8. The van der Waals surface area contributed by atoms with E-state index in [4.69, 9.17) is 5.73 Å². The summed E-state index contributed by atoms with van der Waals surface area (Å²) in [4.78, 5) is 11.6. The molecule has 0 aliphatic rings. The SMILES string of the molecule is CC(C)(C)S(=O)(=O)Cc1cccc(NC(=O)CCCN)c1. The first-order valence-electron chi connectivity index (χ1n) is 6.97. The van der Waals surface area contributed by atoms with Gasteiger partial charge in [-0.15, -0.1) is 0 Å². The summed E-state index contributed by atoms with van der Waals surface area (Å²) in [5.74, 6) is -0.153. The van der Waals surface area contributed by atoms with Gasteiger partial charge >= 0.3 is 0 Å². The summed E-state index contributed by atoms with van der Waals surface area (Å²) >= 11 is 0. The van der Waals surface area contributed by atoms with Crippen LogP contribution in [0.25, 0.3) is 0 Å². The molecule has 1 amide bonds. The Morgan fingerprint density at radius 1 is 1.29 bits per heavy atom. The topological polar surface area (TPSA) is 89.3 Å². The zero-order chi connectivity index (χ0) is 16.1. The Morgan fingerprint density at radius 2 is 1.95 bits per heavy atom. The average molecular weight is 312 g/mol. The molecule has 5 nitrogen and oxygen atoms in total. The Bertz CT molecular complexity index is 589. The fraction of sp³-hybridized carbons (Fsp3) is 0.533. The lowest BCUT2D eigenvalue weighted by molar-refractivity contribution is -0.116. The number of amides is 1. The van der Waals surface area contributed by atoms with Crippen LogP contribution in [0, 0.1) is 0 Å². The van der Waals surface area contributed by atoms with Crippen molar-refractivity contribution in [1.29, 1.82) is 0 Å². The van der Waals surface area contributed by atoms with Gasteiger partial charge in [0.05, 0.1) is 10.5 Å². The van der Waals surface area contributed by atoms with E-state index in [1.165, 1.54) is 0 Å². The Labute approximate surface area is 126 Å². The van der Waals surface area contributed by atoms with Crippen LogP contribution in [0.1, 0.15) is 39.2 Å². The van der Waals surface area contributed by atoms with E-state index in [-0.39, 0.29) is 11.7 Å². The van der Waals surface area contributed by atoms with Crippen molar-refractivity contribution in [2.45, 2.75) is 44.1 Å². The molecule has 0 unspecified atom stereocenters. The average Bonchev–Trinajstić information content (AvgIpc) is 2.34. The smallest absolute Gasteiger partial charge is 0.224 e. The van der Waals surface area contributed by atoms with E-state index in [2.05, 4.69) is 5.32 Å². The highest BCUT2D eigenvalue weighted by molar-refractivity contribution is 7.91. The number of anilines is 1. The molecule has 1 rings (SSSR count). The summed E-state index contributed by atoms with van der Waals surface area (Å²) in [6.07, 6.45) is 0.991. The van der Waals surface area contributed by atoms with Crippen LogP contribution >= 0.6 is 0 Å². The monoisotopic (exact) mass is 312 g/mol. The zero-order valence-corrected chi connectivity index (χ0v) is 13.7. The van der Waals surface area contributed by atoms with Crippen LogP contribution < -0.4 is 11.1 Å². The number of nitrogens with two attached hydrogens (primary N) is 1. The second kappa shape index (κ2) is 7.04. The molecule has 1 aromatic rings. The Morgan fingerprint density at radius 3 is 2.52 bits per heavy atom. The molecule has 0 heterocycles. The van der Waals surface area contributed by atoms with Crippen LogP contribution in [0.15, 0.2) is 24.3 Å². The molecule has 118 valence electrons. The van der Waals surface area contributed by atoms with E-state index in [1.54, 1.807) is 45.0 Å². The van der Waals surface area contributed by atoms with Crippen LogP contribution in [0.5, 0.6) is 0 Å². The van der Waals surface area contributed by atoms with Gasteiger partial charge in [0.2, 0.25) is 5.91 Å². The maximum atomic E-state index is 12.2. The quantitative estimate of drug-likeness (QED) is 0.841. The molecule has 6 heteroatoms. The molecule has 3 N–H and O–H groups in total. The first-order valence-corrected chi connectivity index (χ1v) is 8.62.